The Hall–Kier alpha value is -1.23. The molecule has 0 radical (unpaired) electrons. The number of guanidine groups is 1. The van der Waals surface area contributed by atoms with E-state index in [0.717, 1.165) is 48.5 Å². The van der Waals surface area contributed by atoms with Crippen LogP contribution >= 0.6 is 35.3 Å². The summed E-state index contributed by atoms with van der Waals surface area (Å²) in [6, 6.07) is 0. The lowest BCUT2D eigenvalue weighted by Crippen LogP contribution is -2.38. The molecule has 0 saturated heterocycles. The molecule has 0 aliphatic carbocycles. The van der Waals surface area contributed by atoms with Gasteiger partial charge >= 0.3 is 0 Å². The van der Waals surface area contributed by atoms with Crippen molar-refractivity contribution >= 4 is 41.3 Å². The van der Waals surface area contributed by atoms with E-state index in [0.29, 0.717) is 6.54 Å². The summed E-state index contributed by atoms with van der Waals surface area (Å²) in [6.07, 6.45) is 6.28. The van der Waals surface area contributed by atoms with E-state index >= 15 is 0 Å². The fourth-order valence-corrected chi connectivity index (χ4v) is 3.47. The first-order valence-electron chi connectivity index (χ1n) is 8.03. The maximum atomic E-state index is 4.37. The SMILES string of the molecule is CN=C(NCCc1ncc(C)s1)NCc1nnc2n1CCCC2.I. The van der Waals surface area contributed by atoms with E-state index in [9.17, 15) is 0 Å². The van der Waals surface area contributed by atoms with Crippen molar-refractivity contribution in [2.45, 2.75) is 45.7 Å². The van der Waals surface area contributed by atoms with Crippen LogP contribution in [0.2, 0.25) is 0 Å². The first kappa shape index (κ1) is 19.1. The van der Waals surface area contributed by atoms with Crippen molar-refractivity contribution in [2.24, 2.45) is 4.99 Å². The number of hydrogen-bond donors (Lipinski definition) is 2. The van der Waals surface area contributed by atoms with Crippen molar-refractivity contribution in [3.05, 3.63) is 27.7 Å². The molecule has 0 aromatic carbocycles. The van der Waals surface area contributed by atoms with Crippen LogP contribution in [0.15, 0.2) is 11.2 Å². The number of fused-ring (bicyclic) bond motifs is 1. The number of hydrogen-bond acceptors (Lipinski definition) is 5. The van der Waals surface area contributed by atoms with E-state index in [1.807, 2.05) is 6.20 Å². The fraction of sp³-hybridized carbons (Fsp3) is 0.600. The van der Waals surface area contributed by atoms with E-state index < -0.39 is 0 Å². The van der Waals surface area contributed by atoms with Gasteiger partial charge in [0, 0.05) is 44.1 Å². The van der Waals surface area contributed by atoms with Gasteiger partial charge in [-0.15, -0.1) is 45.5 Å². The predicted octanol–water partition coefficient (Wildman–Crippen LogP) is 1.91. The second-order valence-electron chi connectivity index (χ2n) is 5.61. The van der Waals surface area contributed by atoms with Crippen molar-refractivity contribution in [1.29, 1.82) is 0 Å². The summed E-state index contributed by atoms with van der Waals surface area (Å²) < 4.78 is 2.22. The molecule has 7 nitrogen and oxygen atoms in total. The van der Waals surface area contributed by atoms with Gasteiger partial charge in [-0.1, -0.05) is 0 Å². The molecular weight excluding hydrogens is 437 g/mol. The monoisotopic (exact) mass is 461 g/mol. The smallest absolute Gasteiger partial charge is 0.191 e. The van der Waals surface area contributed by atoms with Gasteiger partial charge in [0.1, 0.15) is 5.82 Å². The lowest BCUT2D eigenvalue weighted by atomic mass is 10.2. The van der Waals surface area contributed by atoms with Crippen molar-refractivity contribution in [2.75, 3.05) is 13.6 Å². The van der Waals surface area contributed by atoms with Crippen molar-refractivity contribution in [3.63, 3.8) is 0 Å². The first-order chi connectivity index (χ1) is 11.3. The van der Waals surface area contributed by atoms with Gasteiger partial charge in [0.2, 0.25) is 0 Å². The second kappa shape index (κ2) is 9.30. The molecule has 9 heteroatoms. The molecule has 2 aromatic heterocycles. The molecule has 2 N–H and O–H groups in total. The molecule has 132 valence electrons. The number of halogens is 1. The second-order valence-corrected chi connectivity index (χ2v) is 6.93. The standard InChI is InChI=1S/C15H23N7S.HI/c1-11-9-18-14(23-11)6-7-17-15(16-2)19-10-13-21-20-12-5-3-4-8-22(12)13;/h9H,3-8,10H2,1-2H3,(H2,16,17,19);1H. The minimum absolute atomic E-state index is 0. The molecule has 2 aromatic rings. The van der Waals surface area contributed by atoms with Crippen molar-refractivity contribution in [3.8, 4) is 0 Å². The quantitative estimate of drug-likeness (QED) is 0.404. The first-order valence-corrected chi connectivity index (χ1v) is 8.84. The Kier molecular flexibility index (Phi) is 7.40. The van der Waals surface area contributed by atoms with Gasteiger partial charge in [0.25, 0.3) is 0 Å². The van der Waals surface area contributed by atoms with Gasteiger partial charge in [-0.05, 0) is 19.8 Å². The average molecular weight is 461 g/mol. The molecule has 0 fully saturated rings. The van der Waals surface area contributed by atoms with Gasteiger partial charge in [-0.2, -0.15) is 0 Å². The number of rotatable bonds is 5. The summed E-state index contributed by atoms with van der Waals surface area (Å²) >= 11 is 1.74. The Balaban J connectivity index is 0.00000208. The fourth-order valence-electron chi connectivity index (χ4n) is 2.69. The number of aryl methyl sites for hydroxylation is 2. The molecule has 0 bridgehead atoms. The topological polar surface area (TPSA) is 80.0 Å². The lowest BCUT2D eigenvalue weighted by Gasteiger charge is -2.16. The molecule has 3 heterocycles. The Morgan fingerprint density at radius 2 is 2.21 bits per heavy atom. The third-order valence-corrected chi connectivity index (χ3v) is 4.85. The number of nitrogens with one attached hydrogen (secondary N) is 2. The summed E-state index contributed by atoms with van der Waals surface area (Å²) in [7, 11) is 1.78. The van der Waals surface area contributed by atoms with Gasteiger partial charge in [-0.3, -0.25) is 4.99 Å². The lowest BCUT2D eigenvalue weighted by molar-refractivity contribution is 0.504. The van der Waals surface area contributed by atoms with Crippen LogP contribution in [0.25, 0.3) is 0 Å². The number of thiazole rings is 1. The van der Waals surface area contributed by atoms with E-state index in [1.165, 1.54) is 17.7 Å². The van der Waals surface area contributed by atoms with Gasteiger partial charge in [0.15, 0.2) is 11.8 Å². The average Bonchev–Trinajstić information content (AvgIpc) is 3.17. The largest absolute Gasteiger partial charge is 0.356 e. The molecule has 3 rings (SSSR count). The molecule has 0 spiro atoms. The summed E-state index contributed by atoms with van der Waals surface area (Å²) in [5, 5.41) is 16.3. The highest BCUT2D eigenvalue weighted by molar-refractivity contribution is 14.0. The zero-order valence-electron chi connectivity index (χ0n) is 14.1. The van der Waals surface area contributed by atoms with Crippen LogP contribution in [0.3, 0.4) is 0 Å². The zero-order chi connectivity index (χ0) is 16.1. The third kappa shape index (κ3) is 4.88. The summed E-state index contributed by atoms with van der Waals surface area (Å²) in [4.78, 5) is 9.87. The molecule has 0 atom stereocenters. The molecule has 1 aliphatic rings. The van der Waals surface area contributed by atoms with Crippen LogP contribution in [0.5, 0.6) is 0 Å². The maximum Gasteiger partial charge on any atom is 0.191 e. The predicted molar refractivity (Wildman–Crippen MR) is 107 cm³/mol. The highest BCUT2D eigenvalue weighted by atomic mass is 127. The highest BCUT2D eigenvalue weighted by Gasteiger charge is 2.15. The Morgan fingerprint density at radius 3 is 2.96 bits per heavy atom. The molecular formula is C15H24IN7S. The van der Waals surface area contributed by atoms with Crippen LogP contribution in [0, 0.1) is 6.92 Å². The molecule has 0 unspecified atom stereocenters. The summed E-state index contributed by atoms with van der Waals surface area (Å²) in [5.41, 5.74) is 0. The van der Waals surface area contributed by atoms with Crippen molar-refractivity contribution in [1.82, 2.24) is 30.4 Å². The summed E-state index contributed by atoms with van der Waals surface area (Å²) in [5.74, 6) is 2.87. The van der Waals surface area contributed by atoms with Gasteiger partial charge in [0.05, 0.1) is 11.6 Å². The van der Waals surface area contributed by atoms with Gasteiger partial charge < -0.3 is 15.2 Å². The van der Waals surface area contributed by atoms with E-state index in [2.05, 4.69) is 42.3 Å². The minimum atomic E-state index is 0. The van der Waals surface area contributed by atoms with Crippen LogP contribution < -0.4 is 10.6 Å². The van der Waals surface area contributed by atoms with Crippen LogP contribution in [-0.4, -0.2) is 39.3 Å². The Labute approximate surface area is 163 Å². The van der Waals surface area contributed by atoms with Crippen LogP contribution in [0.1, 0.15) is 34.4 Å². The van der Waals surface area contributed by atoms with Crippen LogP contribution in [-0.2, 0) is 25.9 Å². The molecule has 0 saturated carbocycles. The van der Waals surface area contributed by atoms with E-state index in [1.54, 1.807) is 18.4 Å². The maximum absolute atomic E-state index is 4.37. The number of aromatic nitrogens is 4. The minimum Gasteiger partial charge on any atom is -0.356 e. The molecule has 24 heavy (non-hydrogen) atoms. The van der Waals surface area contributed by atoms with E-state index in [4.69, 9.17) is 0 Å². The summed E-state index contributed by atoms with van der Waals surface area (Å²) in [6.45, 7) is 4.55. The normalized spacial score (nSPS) is 14.0. The highest BCUT2D eigenvalue weighted by Crippen LogP contribution is 2.14. The zero-order valence-corrected chi connectivity index (χ0v) is 17.2. The number of aliphatic imine (C=N–C) groups is 1. The third-order valence-electron chi connectivity index (χ3n) is 3.87. The van der Waals surface area contributed by atoms with Crippen LogP contribution in [0.4, 0.5) is 0 Å². The molecule has 1 aliphatic heterocycles. The number of nitrogens with zero attached hydrogens (tertiary/aromatic N) is 5. The van der Waals surface area contributed by atoms with Crippen molar-refractivity contribution < 1.29 is 0 Å². The molecule has 0 amide bonds. The van der Waals surface area contributed by atoms with E-state index in [-0.39, 0.29) is 24.0 Å². The Morgan fingerprint density at radius 1 is 1.33 bits per heavy atom. The van der Waals surface area contributed by atoms with Gasteiger partial charge in [-0.25, -0.2) is 4.98 Å². The Bertz CT molecular complexity index is 679.